The number of benzene rings is 2. The first-order valence-electron chi connectivity index (χ1n) is 9.98. The molecule has 172 valence electrons. The summed E-state index contributed by atoms with van der Waals surface area (Å²) in [4.78, 5) is 30.9. The first-order valence-corrected chi connectivity index (χ1v) is 12.7. The van der Waals surface area contributed by atoms with Gasteiger partial charge in [0, 0.05) is 24.9 Å². The molecule has 4 rings (SSSR count). The van der Waals surface area contributed by atoms with E-state index in [1.165, 1.54) is 34.5 Å². The van der Waals surface area contributed by atoms with Gasteiger partial charge in [0.1, 0.15) is 5.75 Å². The van der Waals surface area contributed by atoms with E-state index >= 15 is 0 Å². The van der Waals surface area contributed by atoms with Crippen LogP contribution in [0.5, 0.6) is 5.75 Å². The van der Waals surface area contributed by atoms with Gasteiger partial charge in [-0.25, -0.2) is 13.4 Å². The molecule has 2 heterocycles. The number of rotatable bonds is 5. The number of anilines is 3. The quantitative estimate of drug-likeness (QED) is 0.594. The van der Waals surface area contributed by atoms with Crippen LogP contribution in [0.3, 0.4) is 0 Å². The molecule has 1 unspecified atom stereocenters. The molecule has 1 aliphatic heterocycles. The molecule has 11 heteroatoms. The number of para-hydroxylation sites is 2. The van der Waals surface area contributed by atoms with Crippen molar-refractivity contribution in [3.05, 3.63) is 53.9 Å². The molecule has 0 saturated carbocycles. The molecule has 0 spiro atoms. The van der Waals surface area contributed by atoms with Crippen LogP contribution in [0.25, 0.3) is 11.3 Å². The fourth-order valence-electron chi connectivity index (χ4n) is 3.35. The van der Waals surface area contributed by atoms with Crippen molar-refractivity contribution >= 4 is 49.7 Å². The first kappa shape index (κ1) is 22.7. The zero-order valence-corrected chi connectivity index (χ0v) is 19.8. The number of carbonyl (C=O) groups excluding carboxylic acids is 2. The lowest BCUT2D eigenvalue weighted by Gasteiger charge is -2.33. The minimum absolute atomic E-state index is 0.103. The fraction of sp³-hybridized carbons (Fsp3) is 0.227. The van der Waals surface area contributed by atoms with Gasteiger partial charge >= 0.3 is 0 Å². The standard InChI is InChI=1S/C22H22N4O5S2/c1-14(27)26-12-20(31-19-7-5-4-6-18(19)26)21(28)24-22-23-17(13-32-22)15-8-10-16(11-9-15)25(2)33(3,29)30/h4-11,13,20H,12H2,1-3H3,(H,23,24,28). The number of amides is 2. The maximum absolute atomic E-state index is 12.8. The monoisotopic (exact) mass is 486 g/mol. The summed E-state index contributed by atoms with van der Waals surface area (Å²) in [6.07, 6.45) is 0.266. The van der Waals surface area contributed by atoms with Gasteiger partial charge < -0.3 is 9.64 Å². The Balaban J connectivity index is 1.47. The van der Waals surface area contributed by atoms with Crippen LogP contribution in [-0.2, 0) is 19.6 Å². The number of aromatic nitrogens is 1. The van der Waals surface area contributed by atoms with Gasteiger partial charge in [0.25, 0.3) is 5.91 Å². The second-order valence-electron chi connectivity index (χ2n) is 7.51. The van der Waals surface area contributed by atoms with Crippen molar-refractivity contribution in [1.29, 1.82) is 0 Å². The van der Waals surface area contributed by atoms with Crippen molar-refractivity contribution in [2.75, 3.05) is 34.4 Å². The third-order valence-electron chi connectivity index (χ3n) is 5.20. The Bertz CT molecular complexity index is 1300. The highest BCUT2D eigenvalue weighted by Gasteiger charge is 2.32. The van der Waals surface area contributed by atoms with Crippen LogP contribution in [0, 0.1) is 0 Å². The average Bonchev–Trinajstić information content (AvgIpc) is 3.25. The predicted octanol–water partition coefficient (Wildman–Crippen LogP) is 2.96. The summed E-state index contributed by atoms with van der Waals surface area (Å²) < 4.78 is 30.4. The van der Waals surface area contributed by atoms with Crippen molar-refractivity contribution in [3.8, 4) is 17.0 Å². The normalized spacial score (nSPS) is 15.4. The van der Waals surface area contributed by atoms with Gasteiger partial charge in [0.2, 0.25) is 15.9 Å². The van der Waals surface area contributed by atoms with Crippen molar-refractivity contribution in [3.63, 3.8) is 0 Å². The summed E-state index contributed by atoms with van der Waals surface area (Å²) in [6.45, 7) is 1.55. The number of hydrogen-bond donors (Lipinski definition) is 1. The van der Waals surface area contributed by atoms with Crippen LogP contribution >= 0.6 is 11.3 Å². The molecular formula is C22H22N4O5S2. The van der Waals surface area contributed by atoms with Gasteiger partial charge in [-0.05, 0) is 24.3 Å². The topological polar surface area (TPSA) is 109 Å². The SMILES string of the molecule is CC(=O)N1CC(C(=O)Nc2nc(-c3ccc(N(C)S(C)(=O)=O)cc3)cs2)Oc2ccccc21. The van der Waals surface area contributed by atoms with Crippen LogP contribution in [0.4, 0.5) is 16.5 Å². The van der Waals surface area contributed by atoms with Crippen LogP contribution in [0.2, 0.25) is 0 Å². The van der Waals surface area contributed by atoms with E-state index in [2.05, 4.69) is 10.3 Å². The molecule has 0 radical (unpaired) electrons. The van der Waals surface area contributed by atoms with Gasteiger partial charge in [0.15, 0.2) is 11.2 Å². The lowest BCUT2D eigenvalue weighted by molar-refractivity contribution is -0.123. The highest BCUT2D eigenvalue weighted by Crippen LogP contribution is 2.34. The van der Waals surface area contributed by atoms with Crippen LogP contribution in [0.1, 0.15) is 6.92 Å². The number of nitrogens with zero attached hydrogens (tertiary/aromatic N) is 3. The van der Waals surface area contributed by atoms with Crippen LogP contribution < -0.4 is 19.3 Å². The Morgan fingerprint density at radius 2 is 1.88 bits per heavy atom. The Morgan fingerprint density at radius 1 is 1.18 bits per heavy atom. The number of thiazole rings is 1. The smallest absolute Gasteiger partial charge is 0.269 e. The van der Waals surface area contributed by atoms with E-state index in [4.69, 9.17) is 4.74 Å². The van der Waals surface area contributed by atoms with Gasteiger partial charge in [-0.3, -0.25) is 19.2 Å². The van der Waals surface area contributed by atoms with E-state index in [1.807, 2.05) is 0 Å². The van der Waals surface area contributed by atoms with Gasteiger partial charge in [-0.1, -0.05) is 24.3 Å². The van der Waals surface area contributed by atoms with E-state index in [9.17, 15) is 18.0 Å². The highest BCUT2D eigenvalue weighted by molar-refractivity contribution is 7.92. The van der Waals surface area contributed by atoms with Crippen LogP contribution in [-0.4, -0.2) is 51.2 Å². The van der Waals surface area contributed by atoms with E-state index in [0.29, 0.717) is 27.9 Å². The molecule has 0 aliphatic carbocycles. The number of sulfonamides is 1. The van der Waals surface area contributed by atoms with E-state index in [-0.39, 0.29) is 12.5 Å². The van der Waals surface area contributed by atoms with E-state index < -0.39 is 22.0 Å². The summed E-state index contributed by atoms with van der Waals surface area (Å²) in [5, 5.41) is 4.95. The molecule has 1 atom stereocenters. The van der Waals surface area contributed by atoms with E-state index in [0.717, 1.165) is 11.8 Å². The molecular weight excluding hydrogens is 464 g/mol. The Morgan fingerprint density at radius 3 is 2.55 bits per heavy atom. The maximum Gasteiger partial charge on any atom is 0.269 e. The summed E-state index contributed by atoms with van der Waals surface area (Å²) in [6, 6.07) is 14.0. The number of ether oxygens (including phenoxy) is 1. The predicted molar refractivity (Wildman–Crippen MR) is 128 cm³/mol. The third-order valence-corrected chi connectivity index (χ3v) is 7.17. The molecule has 0 saturated heterocycles. The largest absolute Gasteiger partial charge is 0.476 e. The second kappa shape index (κ2) is 8.83. The Kier molecular flexibility index (Phi) is 6.09. The molecule has 2 amide bonds. The Hall–Kier alpha value is -3.44. The highest BCUT2D eigenvalue weighted by atomic mass is 32.2. The van der Waals surface area contributed by atoms with Crippen molar-refractivity contribution in [2.45, 2.75) is 13.0 Å². The average molecular weight is 487 g/mol. The summed E-state index contributed by atoms with van der Waals surface area (Å²) >= 11 is 1.26. The summed E-state index contributed by atoms with van der Waals surface area (Å²) in [5.74, 6) is -0.107. The van der Waals surface area contributed by atoms with Crippen molar-refractivity contribution in [2.24, 2.45) is 0 Å². The van der Waals surface area contributed by atoms with Crippen molar-refractivity contribution < 1.29 is 22.7 Å². The molecule has 1 aliphatic rings. The molecule has 9 nitrogen and oxygen atoms in total. The first-order chi connectivity index (χ1) is 15.6. The number of fused-ring (bicyclic) bond motifs is 1. The summed E-state index contributed by atoms with van der Waals surface area (Å²) in [7, 11) is -1.86. The van der Waals surface area contributed by atoms with Gasteiger partial charge in [-0.15, -0.1) is 11.3 Å². The molecule has 1 aromatic heterocycles. The maximum atomic E-state index is 12.8. The summed E-state index contributed by atoms with van der Waals surface area (Å²) in [5.41, 5.74) is 2.59. The lowest BCUT2D eigenvalue weighted by atomic mass is 10.1. The minimum Gasteiger partial charge on any atom is -0.476 e. The lowest BCUT2D eigenvalue weighted by Crippen LogP contribution is -2.48. The molecule has 3 aromatic rings. The van der Waals surface area contributed by atoms with Crippen molar-refractivity contribution in [1.82, 2.24) is 4.98 Å². The minimum atomic E-state index is -3.35. The molecule has 0 fully saturated rings. The fourth-order valence-corrected chi connectivity index (χ4v) is 4.58. The zero-order valence-electron chi connectivity index (χ0n) is 18.2. The van der Waals surface area contributed by atoms with Crippen LogP contribution in [0.15, 0.2) is 53.9 Å². The molecule has 33 heavy (non-hydrogen) atoms. The molecule has 0 bridgehead atoms. The molecule has 2 aromatic carbocycles. The zero-order chi connectivity index (χ0) is 23.8. The number of hydrogen-bond acceptors (Lipinski definition) is 7. The van der Waals surface area contributed by atoms with Gasteiger partial charge in [0.05, 0.1) is 29.9 Å². The third kappa shape index (κ3) is 4.83. The Labute approximate surface area is 195 Å². The van der Waals surface area contributed by atoms with E-state index in [1.54, 1.807) is 53.9 Å². The number of carbonyl (C=O) groups is 2. The number of nitrogens with one attached hydrogen (secondary N) is 1. The van der Waals surface area contributed by atoms with Gasteiger partial charge in [-0.2, -0.15) is 0 Å². The molecule has 1 N–H and O–H groups in total. The second-order valence-corrected chi connectivity index (χ2v) is 10.4.